The molecule has 0 fully saturated rings. The molecule has 0 radical (unpaired) electrons. The largest absolute Gasteiger partial charge is 0.479 e. The van der Waals surface area contributed by atoms with Gasteiger partial charge in [0.15, 0.2) is 6.10 Å². The molecule has 0 aliphatic carbocycles. The summed E-state index contributed by atoms with van der Waals surface area (Å²) in [5, 5.41) is 11.3. The van der Waals surface area contributed by atoms with E-state index in [4.69, 9.17) is 9.84 Å². The van der Waals surface area contributed by atoms with E-state index in [1.54, 1.807) is 0 Å². The molecule has 1 aromatic carbocycles. The summed E-state index contributed by atoms with van der Waals surface area (Å²) in [5.74, 6) is -1.31. The summed E-state index contributed by atoms with van der Waals surface area (Å²) in [5.41, 5.74) is 1.98. The summed E-state index contributed by atoms with van der Waals surface area (Å²) < 4.78 is 4.72. The summed E-state index contributed by atoms with van der Waals surface area (Å²) in [4.78, 5) is 22.3. The number of aliphatic carboxylic acids is 1. The molecule has 18 heavy (non-hydrogen) atoms. The Morgan fingerprint density at radius 1 is 1.44 bits per heavy atom. The first-order chi connectivity index (χ1) is 8.52. The first kappa shape index (κ1) is 14.2. The Labute approximate surface area is 106 Å². The average molecular weight is 251 g/mol. The van der Waals surface area contributed by atoms with Gasteiger partial charge in [-0.3, -0.25) is 4.79 Å². The lowest BCUT2D eigenvalue weighted by Crippen LogP contribution is -2.38. The molecule has 1 amide bonds. The molecule has 0 aliphatic rings. The summed E-state index contributed by atoms with van der Waals surface area (Å²) >= 11 is 0. The highest BCUT2D eigenvalue weighted by atomic mass is 16.5. The number of methoxy groups -OCH3 is 1. The number of carboxylic acid groups (broad SMARTS) is 1. The number of amides is 1. The Morgan fingerprint density at radius 3 is 2.72 bits per heavy atom. The number of nitrogens with one attached hydrogen (secondary N) is 1. The molecule has 1 unspecified atom stereocenters. The smallest absolute Gasteiger partial charge is 0.334 e. The maximum absolute atomic E-state index is 11.6. The van der Waals surface area contributed by atoms with Gasteiger partial charge in [0.1, 0.15) is 0 Å². The van der Waals surface area contributed by atoms with E-state index >= 15 is 0 Å². The van der Waals surface area contributed by atoms with Crippen LogP contribution >= 0.6 is 0 Å². The maximum Gasteiger partial charge on any atom is 0.334 e. The first-order valence-electron chi connectivity index (χ1n) is 5.60. The molecule has 0 saturated heterocycles. The van der Waals surface area contributed by atoms with Crippen molar-refractivity contribution in [2.45, 2.75) is 19.4 Å². The highest BCUT2D eigenvalue weighted by Gasteiger charge is 2.17. The number of benzene rings is 1. The number of ether oxygens (including phenoxy) is 1. The Balaban J connectivity index is 2.45. The third-order valence-electron chi connectivity index (χ3n) is 2.49. The molecular weight excluding hydrogens is 234 g/mol. The average Bonchev–Trinajstić information content (AvgIpc) is 2.29. The second-order valence-corrected chi connectivity index (χ2v) is 4.03. The molecule has 0 saturated carbocycles. The third-order valence-corrected chi connectivity index (χ3v) is 2.49. The Hall–Kier alpha value is -1.88. The predicted octanol–water partition coefficient (Wildman–Crippen LogP) is 0.753. The van der Waals surface area contributed by atoms with Gasteiger partial charge in [-0.15, -0.1) is 0 Å². The lowest BCUT2D eigenvalue weighted by atomic mass is 10.1. The summed E-state index contributed by atoms with van der Waals surface area (Å²) in [6.07, 6.45) is -0.774. The molecule has 0 aliphatic heterocycles. The van der Waals surface area contributed by atoms with E-state index in [2.05, 4.69) is 5.32 Å². The van der Waals surface area contributed by atoms with Crippen molar-refractivity contribution in [1.82, 2.24) is 5.32 Å². The highest BCUT2D eigenvalue weighted by molar-refractivity contribution is 5.80. The van der Waals surface area contributed by atoms with Crippen molar-refractivity contribution >= 4 is 11.9 Å². The quantitative estimate of drug-likeness (QED) is 0.782. The van der Waals surface area contributed by atoms with Crippen molar-refractivity contribution in [3.05, 3.63) is 35.4 Å². The minimum absolute atomic E-state index is 0.0313. The number of carbonyl (C=O) groups is 2. The molecule has 0 spiro atoms. The zero-order valence-electron chi connectivity index (χ0n) is 10.5. The number of hydrogen-bond acceptors (Lipinski definition) is 3. The molecule has 0 heterocycles. The van der Waals surface area contributed by atoms with Crippen LogP contribution in [0.2, 0.25) is 0 Å². The van der Waals surface area contributed by atoms with Gasteiger partial charge >= 0.3 is 5.97 Å². The molecule has 1 rings (SSSR count). The van der Waals surface area contributed by atoms with Gasteiger partial charge in [-0.05, 0) is 12.5 Å². The van der Waals surface area contributed by atoms with Crippen molar-refractivity contribution < 1.29 is 19.4 Å². The number of rotatable bonds is 6. The van der Waals surface area contributed by atoms with Crippen LogP contribution in [0.15, 0.2) is 24.3 Å². The minimum Gasteiger partial charge on any atom is -0.479 e. The van der Waals surface area contributed by atoms with E-state index in [0.29, 0.717) is 0 Å². The van der Waals surface area contributed by atoms with Crippen molar-refractivity contribution in [2.24, 2.45) is 0 Å². The molecule has 1 aromatic rings. The normalized spacial score (nSPS) is 11.9. The lowest BCUT2D eigenvalue weighted by molar-refractivity contribution is -0.148. The predicted molar refractivity (Wildman–Crippen MR) is 66.3 cm³/mol. The van der Waals surface area contributed by atoms with E-state index in [1.165, 1.54) is 7.11 Å². The van der Waals surface area contributed by atoms with Gasteiger partial charge in [-0.25, -0.2) is 4.79 Å². The zero-order valence-corrected chi connectivity index (χ0v) is 10.5. The molecule has 0 bridgehead atoms. The number of carbonyl (C=O) groups excluding carboxylic acids is 1. The maximum atomic E-state index is 11.6. The van der Waals surface area contributed by atoms with Gasteiger partial charge in [-0.1, -0.05) is 29.8 Å². The van der Waals surface area contributed by atoms with E-state index in [9.17, 15) is 9.59 Å². The molecule has 1 atom stereocenters. The van der Waals surface area contributed by atoms with E-state index in [1.807, 2.05) is 31.2 Å². The van der Waals surface area contributed by atoms with Crippen LogP contribution in [0.4, 0.5) is 0 Å². The van der Waals surface area contributed by atoms with Crippen LogP contribution in [0, 0.1) is 6.92 Å². The third kappa shape index (κ3) is 4.55. The SMILES string of the molecule is COC(CNC(=O)Cc1cccc(C)c1)C(=O)O. The van der Waals surface area contributed by atoms with Crippen molar-refractivity contribution in [1.29, 1.82) is 0 Å². The number of carboxylic acids is 1. The zero-order chi connectivity index (χ0) is 13.5. The molecule has 5 nitrogen and oxygen atoms in total. The second kappa shape index (κ2) is 6.76. The first-order valence-corrected chi connectivity index (χ1v) is 5.60. The number of hydrogen-bond donors (Lipinski definition) is 2. The van der Waals surface area contributed by atoms with Crippen LogP contribution in [0.3, 0.4) is 0 Å². The van der Waals surface area contributed by atoms with E-state index in [-0.39, 0.29) is 18.9 Å². The fourth-order valence-corrected chi connectivity index (χ4v) is 1.55. The van der Waals surface area contributed by atoms with Crippen LogP contribution < -0.4 is 5.32 Å². The Morgan fingerprint density at radius 2 is 2.17 bits per heavy atom. The van der Waals surface area contributed by atoms with Crippen LogP contribution in [-0.4, -0.2) is 36.7 Å². The Bertz CT molecular complexity index is 431. The molecular formula is C13H17NO4. The summed E-state index contributed by atoms with van der Waals surface area (Å²) in [6, 6.07) is 7.61. The van der Waals surface area contributed by atoms with Gasteiger partial charge < -0.3 is 15.2 Å². The van der Waals surface area contributed by atoms with Crippen LogP contribution in [-0.2, 0) is 20.7 Å². The second-order valence-electron chi connectivity index (χ2n) is 4.03. The topological polar surface area (TPSA) is 75.6 Å². The molecule has 5 heteroatoms. The molecule has 2 N–H and O–H groups in total. The fourth-order valence-electron chi connectivity index (χ4n) is 1.55. The van der Waals surface area contributed by atoms with Crippen molar-refractivity contribution in [3.63, 3.8) is 0 Å². The number of aryl methyl sites for hydroxylation is 1. The molecule has 98 valence electrons. The van der Waals surface area contributed by atoms with E-state index in [0.717, 1.165) is 11.1 Å². The lowest BCUT2D eigenvalue weighted by Gasteiger charge is -2.11. The summed E-state index contributed by atoms with van der Waals surface area (Å²) in [6.45, 7) is 1.92. The van der Waals surface area contributed by atoms with Gasteiger partial charge in [0, 0.05) is 7.11 Å². The van der Waals surface area contributed by atoms with Crippen LogP contribution in [0.1, 0.15) is 11.1 Å². The van der Waals surface area contributed by atoms with Crippen LogP contribution in [0.5, 0.6) is 0 Å². The van der Waals surface area contributed by atoms with Crippen molar-refractivity contribution in [2.75, 3.05) is 13.7 Å². The van der Waals surface area contributed by atoms with E-state index < -0.39 is 12.1 Å². The van der Waals surface area contributed by atoms with Crippen LogP contribution in [0.25, 0.3) is 0 Å². The highest BCUT2D eigenvalue weighted by Crippen LogP contribution is 2.04. The Kier molecular flexibility index (Phi) is 5.32. The van der Waals surface area contributed by atoms with Gasteiger partial charge in [0.2, 0.25) is 5.91 Å². The van der Waals surface area contributed by atoms with Gasteiger partial charge in [-0.2, -0.15) is 0 Å². The molecule has 0 aromatic heterocycles. The minimum atomic E-state index is -1.09. The standard InChI is InChI=1S/C13H17NO4/c1-9-4-3-5-10(6-9)7-12(15)14-8-11(18-2)13(16)17/h3-6,11H,7-8H2,1-2H3,(H,14,15)(H,16,17). The monoisotopic (exact) mass is 251 g/mol. The van der Waals surface area contributed by atoms with Gasteiger partial charge in [0.25, 0.3) is 0 Å². The van der Waals surface area contributed by atoms with Gasteiger partial charge in [0.05, 0.1) is 13.0 Å². The summed E-state index contributed by atoms with van der Waals surface area (Å²) in [7, 11) is 1.30. The van der Waals surface area contributed by atoms with Crippen molar-refractivity contribution in [3.8, 4) is 0 Å². The fraction of sp³-hybridized carbons (Fsp3) is 0.385.